The Kier molecular flexibility index (Phi) is 15.4. The molecule has 0 aromatic carbocycles. The Morgan fingerprint density at radius 2 is 2.00 bits per heavy atom. The van der Waals surface area contributed by atoms with Crippen LogP contribution in [0.3, 0.4) is 0 Å². The first-order valence-corrected chi connectivity index (χ1v) is 4.81. The molecule has 12 heavy (non-hydrogen) atoms. The largest absolute Gasteiger partial charge is 0.379 e. The van der Waals surface area contributed by atoms with E-state index in [4.69, 9.17) is 4.74 Å². The zero-order valence-corrected chi connectivity index (χ0v) is 8.99. The van der Waals surface area contributed by atoms with Crippen LogP contribution in [0.5, 0.6) is 0 Å². The second-order valence-corrected chi connectivity index (χ2v) is 2.68. The van der Waals surface area contributed by atoms with Gasteiger partial charge >= 0.3 is 0 Å². The molecular formula is C10H18OS. The standard InChI is InChI=1S/C8H12OS.C2H6/c1-4-6-8(7-9-3)10-5-2;1-2/h4-6H,1-2,7H2,3H3;1-2H3/b8-6-;. The minimum absolute atomic E-state index is 0.628. The molecule has 0 heterocycles. The monoisotopic (exact) mass is 186 g/mol. The molecule has 0 spiro atoms. The number of hydrogen-bond donors (Lipinski definition) is 0. The molecule has 0 fully saturated rings. The van der Waals surface area contributed by atoms with Crippen LogP contribution in [0, 0.1) is 0 Å². The molecule has 0 N–H and O–H groups in total. The molecule has 0 rings (SSSR count). The summed E-state index contributed by atoms with van der Waals surface area (Å²) in [5.41, 5.74) is 0. The lowest BCUT2D eigenvalue weighted by molar-refractivity contribution is 0.231. The summed E-state index contributed by atoms with van der Waals surface area (Å²) in [5, 5.41) is 1.77. The van der Waals surface area contributed by atoms with Gasteiger partial charge in [-0.2, -0.15) is 0 Å². The molecule has 0 aromatic rings. The molecule has 1 nitrogen and oxygen atoms in total. The predicted molar refractivity (Wildman–Crippen MR) is 59.3 cm³/mol. The van der Waals surface area contributed by atoms with Gasteiger partial charge < -0.3 is 4.74 Å². The van der Waals surface area contributed by atoms with Gasteiger partial charge in [-0.15, -0.1) is 11.8 Å². The van der Waals surface area contributed by atoms with Gasteiger partial charge in [-0.25, -0.2) is 0 Å². The van der Waals surface area contributed by atoms with Crippen LogP contribution in [0.1, 0.15) is 13.8 Å². The number of allylic oxidation sites excluding steroid dienone is 2. The summed E-state index contributed by atoms with van der Waals surface area (Å²) in [6, 6.07) is 0. The topological polar surface area (TPSA) is 9.23 Å². The minimum Gasteiger partial charge on any atom is -0.379 e. The molecule has 0 saturated heterocycles. The third kappa shape index (κ3) is 9.53. The molecule has 0 saturated carbocycles. The van der Waals surface area contributed by atoms with Gasteiger partial charge in [-0.1, -0.05) is 39.2 Å². The maximum Gasteiger partial charge on any atom is 0.0775 e. The summed E-state index contributed by atoms with van der Waals surface area (Å²) in [6.07, 6.45) is 3.65. The summed E-state index contributed by atoms with van der Waals surface area (Å²) in [6.45, 7) is 11.8. The van der Waals surface area contributed by atoms with Crippen LogP contribution < -0.4 is 0 Å². The lowest BCUT2D eigenvalue weighted by atomic mass is 10.5. The second-order valence-electron chi connectivity index (χ2n) is 1.59. The number of thioether (sulfide) groups is 1. The van der Waals surface area contributed by atoms with E-state index in [0.29, 0.717) is 6.61 Å². The summed E-state index contributed by atoms with van der Waals surface area (Å²) in [5.74, 6) is 0. The quantitative estimate of drug-likeness (QED) is 0.607. The van der Waals surface area contributed by atoms with E-state index in [0.717, 1.165) is 4.91 Å². The van der Waals surface area contributed by atoms with Crippen molar-refractivity contribution in [1.29, 1.82) is 0 Å². The van der Waals surface area contributed by atoms with Crippen molar-refractivity contribution in [2.24, 2.45) is 0 Å². The first kappa shape index (κ1) is 14.1. The highest BCUT2D eigenvalue weighted by Gasteiger charge is 1.90. The van der Waals surface area contributed by atoms with Gasteiger partial charge in [0.1, 0.15) is 0 Å². The molecule has 0 radical (unpaired) electrons. The third-order valence-electron chi connectivity index (χ3n) is 0.825. The van der Waals surface area contributed by atoms with Crippen LogP contribution >= 0.6 is 11.8 Å². The average Bonchev–Trinajstić information content (AvgIpc) is 2.10. The maximum atomic E-state index is 4.92. The average molecular weight is 186 g/mol. The highest BCUT2D eigenvalue weighted by Crippen LogP contribution is 2.15. The van der Waals surface area contributed by atoms with E-state index >= 15 is 0 Å². The van der Waals surface area contributed by atoms with E-state index in [1.54, 1.807) is 30.4 Å². The molecular weight excluding hydrogens is 168 g/mol. The van der Waals surface area contributed by atoms with Crippen LogP contribution in [-0.2, 0) is 4.74 Å². The molecule has 0 bridgehead atoms. The smallest absolute Gasteiger partial charge is 0.0775 e. The molecule has 0 aliphatic carbocycles. The second kappa shape index (κ2) is 13.1. The normalized spacial score (nSPS) is 9.75. The van der Waals surface area contributed by atoms with Crippen LogP contribution in [0.25, 0.3) is 0 Å². The Hall–Kier alpha value is -0.470. The van der Waals surface area contributed by atoms with E-state index in [2.05, 4.69) is 13.2 Å². The zero-order chi connectivity index (χ0) is 9.82. The summed E-state index contributed by atoms with van der Waals surface area (Å²) < 4.78 is 4.92. The van der Waals surface area contributed by atoms with Gasteiger partial charge in [0.2, 0.25) is 0 Å². The summed E-state index contributed by atoms with van der Waals surface area (Å²) in [7, 11) is 1.67. The van der Waals surface area contributed by atoms with Gasteiger partial charge in [0.25, 0.3) is 0 Å². The van der Waals surface area contributed by atoms with E-state index in [1.165, 1.54) is 0 Å². The first-order chi connectivity index (χ1) is 5.85. The van der Waals surface area contributed by atoms with Crippen molar-refractivity contribution in [3.8, 4) is 0 Å². The van der Waals surface area contributed by atoms with Crippen molar-refractivity contribution < 1.29 is 4.74 Å². The molecule has 0 amide bonds. The lowest BCUT2D eigenvalue weighted by Gasteiger charge is -1.99. The van der Waals surface area contributed by atoms with Crippen LogP contribution in [-0.4, -0.2) is 13.7 Å². The molecule has 2 heteroatoms. The molecule has 0 aromatic heterocycles. The van der Waals surface area contributed by atoms with E-state index < -0.39 is 0 Å². The molecule has 0 aliphatic rings. The molecule has 0 unspecified atom stereocenters. The Balaban J connectivity index is 0. The van der Waals surface area contributed by atoms with E-state index in [9.17, 15) is 0 Å². The number of rotatable bonds is 5. The van der Waals surface area contributed by atoms with Gasteiger partial charge in [0, 0.05) is 12.0 Å². The van der Waals surface area contributed by atoms with Gasteiger partial charge in [-0.05, 0) is 5.41 Å². The van der Waals surface area contributed by atoms with Crippen LogP contribution in [0.4, 0.5) is 0 Å². The van der Waals surface area contributed by atoms with Crippen molar-refractivity contribution in [3.05, 3.63) is 35.6 Å². The highest BCUT2D eigenvalue weighted by atomic mass is 32.2. The number of hydrogen-bond acceptors (Lipinski definition) is 2. The number of methoxy groups -OCH3 is 1. The fourth-order valence-electron chi connectivity index (χ4n) is 0.502. The van der Waals surface area contributed by atoms with Crippen molar-refractivity contribution in [1.82, 2.24) is 0 Å². The van der Waals surface area contributed by atoms with Crippen LogP contribution in [0.2, 0.25) is 0 Å². The van der Waals surface area contributed by atoms with E-state index in [-0.39, 0.29) is 0 Å². The number of ether oxygens (including phenoxy) is 1. The Labute approximate surface area is 80.2 Å². The predicted octanol–water partition coefficient (Wildman–Crippen LogP) is 3.61. The fourth-order valence-corrected chi connectivity index (χ4v) is 1.08. The van der Waals surface area contributed by atoms with Gasteiger partial charge in [0.15, 0.2) is 0 Å². The Morgan fingerprint density at radius 3 is 2.33 bits per heavy atom. The zero-order valence-electron chi connectivity index (χ0n) is 8.17. The molecule has 0 atom stereocenters. The minimum atomic E-state index is 0.628. The maximum absolute atomic E-state index is 4.92. The Morgan fingerprint density at radius 1 is 1.42 bits per heavy atom. The van der Waals surface area contributed by atoms with Crippen molar-refractivity contribution in [3.63, 3.8) is 0 Å². The third-order valence-corrected chi connectivity index (χ3v) is 1.55. The lowest BCUT2D eigenvalue weighted by Crippen LogP contribution is -1.88. The highest BCUT2D eigenvalue weighted by molar-refractivity contribution is 8.05. The van der Waals surface area contributed by atoms with Crippen molar-refractivity contribution in [2.75, 3.05) is 13.7 Å². The molecule has 70 valence electrons. The molecule has 0 aliphatic heterocycles. The first-order valence-electron chi connectivity index (χ1n) is 3.93. The summed E-state index contributed by atoms with van der Waals surface area (Å²) in [4.78, 5) is 1.12. The summed E-state index contributed by atoms with van der Waals surface area (Å²) >= 11 is 1.55. The van der Waals surface area contributed by atoms with Gasteiger partial charge in [0.05, 0.1) is 6.61 Å². The van der Waals surface area contributed by atoms with Crippen LogP contribution in [0.15, 0.2) is 35.6 Å². The van der Waals surface area contributed by atoms with Gasteiger partial charge in [-0.3, -0.25) is 0 Å². The van der Waals surface area contributed by atoms with E-state index in [1.807, 2.05) is 19.9 Å². The fraction of sp³-hybridized carbons (Fsp3) is 0.400. The van der Waals surface area contributed by atoms with Crippen molar-refractivity contribution in [2.45, 2.75) is 13.8 Å². The SMILES string of the molecule is C=C/C=C(/COC)SC=C.CC. The Bertz CT molecular complexity index is 139. The van der Waals surface area contributed by atoms with Crippen molar-refractivity contribution >= 4 is 11.8 Å².